The van der Waals surface area contributed by atoms with Crippen molar-refractivity contribution in [3.05, 3.63) is 53.9 Å². The van der Waals surface area contributed by atoms with Gasteiger partial charge in [0.1, 0.15) is 5.82 Å². The van der Waals surface area contributed by atoms with Crippen LogP contribution in [0.1, 0.15) is 34.8 Å². The van der Waals surface area contributed by atoms with Crippen molar-refractivity contribution in [2.45, 2.75) is 18.8 Å². The molecular weight excluding hydrogens is 338 g/mol. The summed E-state index contributed by atoms with van der Waals surface area (Å²) in [5.41, 5.74) is 8.10. The topological polar surface area (TPSA) is 87.9 Å². The van der Waals surface area contributed by atoms with E-state index < -0.39 is 5.91 Å². The average Bonchev–Trinajstić information content (AvgIpc) is 3.15. The van der Waals surface area contributed by atoms with Crippen molar-refractivity contribution in [1.29, 1.82) is 0 Å². The second kappa shape index (κ2) is 7.11. The summed E-state index contributed by atoms with van der Waals surface area (Å²) in [5.74, 6) is 0.910. The highest BCUT2D eigenvalue weighted by Crippen LogP contribution is 2.30. The third-order valence-corrected chi connectivity index (χ3v) is 4.75. The minimum atomic E-state index is -0.415. The van der Waals surface area contributed by atoms with E-state index in [0.29, 0.717) is 11.5 Å². The van der Waals surface area contributed by atoms with Crippen LogP contribution in [0.15, 0.2) is 42.6 Å². The number of pyridine rings is 1. The van der Waals surface area contributed by atoms with E-state index in [9.17, 15) is 4.79 Å². The van der Waals surface area contributed by atoms with Crippen molar-refractivity contribution in [1.82, 2.24) is 15.2 Å². The molecule has 1 saturated heterocycles. The lowest BCUT2D eigenvalue weighted by molar-refractivity contribution is 0.100. The number of benzene rings is 1. The van der Waals surface area contributed by atoms with Crippen LogP contribution in [-0.4, -0.2) is 34.2 Å². The Balaban J connectivity index is 0.00000182. The van der Waals surface area contributed by atoms with Crippen molar-refractivity contribution in [3.8, 4) is 0 Å². The number of hydrogen-bond acceptors (Lipinski definition) is 4. The minimum Gasteiger partial charge on any atom is -0.366 e. The number of piperidine rings is 1. The first-order valence-corrected chi connectivity index (χ1v) is 8.16. The van der Waals surface area contributed by atoms with Crippen LogP contribution >= 0.6 is 12.4 Å². The fourth-order valence-corrected chi connectivity index (χ4v) is 3.44. The monoisotopic (exact) mass is 357 g/mol. The van der Waals surface area contributed by atoms with Crippen LogP contribution in [0.4, 0.5) is 5.82 Å². The van der Waals surface area contributed by atoms with Gasteiger partial charge in [0.25, 0.3) is 0 Å². The number of aromatic nitrogens is 3. The molecule has 1 amide bonds. The predicted molar refractivity (Wildman–Crippen MR) is 100 cm³/mol. The van der Waals surface area contributed by atoms with Gasteiger partial charge < -0.3 is 10.6 Å². The van der Waals surface area contributed by atoms with Crippen molar-refractivity contribution in [3.63, 3.8) is 0 Å². The lowest BCUT2D eigenvalue weighted by Crippen LogP contribution is -2.33. The maximum atomic E-state index is 11.8. The molecule has 0 atom stereocenters. The molecule has 3 aromatic rings. The van der Waals surface area contributed by atoms with E-state index in [-0.39, 0.29) is 12.4 Å². The first kappa shape index (κ1) is 17.2. The molecule has 7 heteroatoms. The number of fused-ring (bicyclic) bond motifs is 1. The van der Waals surface area contributed by atoms with Crippen molar-refractivity contribution in [2.24, 2.45) is 5.73 Å². The molecule has 0 saturated carbocycles. The number of aromatic amines is 1. The van der Waals surface area contributed by atoms with Crippen LogP contribution in [0.25, 0.3) is 10.9 Å². The summed E-state index contributed by atoms with van der Waals surface area (Å²) in [4.78, 5) is 18.8. The molecule has 3 heterocycles. The van der Waals surface area contributed by atoms with Crippen molar-refractivity contribution in [2.75, 3.05) is 18.0 Å². The number of carbonyl (C=O) groups excluding carboxylic acids is 1. The average molecular weight is 358 g/mol. The van der Waals surface area contributed by atoms with E-state index in [4.69, 9.17) is 10.7 Å². The molecule has 130 valence electrons. The molecule has 2 aromatic heterocycles. The van der Waals surface area contributed by atoms with E-state index in [1.807, 2.05) is 36.4 Å². The molecule has 0 spiro atoms. The molecular formula is C18H20ClN5O. The summed E-state index contributed by atoms with van der Waals surface area (Å²) in [6.07, 6.45) is 3.86. The summed E-state index contributed by atoms with van der Waals surface area (Å²) < 4.78 is 0. The smallest absolute Gasteiger partial charge is 0.249 e. The molecule has 3 N–H and O–H groups in total. The second-order valence-electron chi connectivity index (χ2n) is 6.18. The van der Waals surface area contributed by atoms with Gasteiger partial charge in [-0.15, -0.1) is 12.4 Å². The predicted octanol–water partition coefficient (Wildman–Crippen LogP) is 2.86. The maximum absolute atomic E-state index is 11.8. The molecule has 1 aliphatic rings. The molecule has 0 aliphatic carbocycles. The molecule has 0 radical (unpaired) electrons. The number of nitrogens with zero attached hydrogens (tertiary/aromatic N) is 3. The number of halogens is 1. The molecule has 25 heavy (non-hydrogen) atoms. The Bertz CT molecular complexity index is 872. The Hall–Kier alpha value is -2.60. The highest BCUT2D eigenvalue weighted by atomic mass is 35.5. The number of rotatable bonds is 3. The van der Waals surface area contributed by atoms with E-state index >= 15 is 0 Å². The van der Waals surface area contributed by atoms with E-state index in [1.165, 1.54) is 5.69 Å². The van der Waals surface area contributed by atoms with Gasteiger partial charge in [0.2, 0.25) is 5.91 Å². The Morgan fingerprint density at radius 2 is 1.96 bits per heavy atom. The Morgan fingerprint density at radius 3 is 2.64 bits per heavy atom. The number of hydrogen-bond donors (Lipinski definition) is 2. The first-order chi connectivity index (χ1) is 11.7. The van der Waals surface area contributed by atoms with Gasteiger partial charge in [-0.3, -0.25) is 9.89 Å². The maximum Gasteiger partial charge on any atom is 0.249 e. The van der Waals surface area contributed by atoms with Crippen LogP contribution in [0.5, 0.6) is 0 Å². The molecule has 1 fully saturated rings. The number of para-hydroxylation sites is 1. The highest BCUT2D eigenvalue weighted by Gasteiger charge is 2.23. The number of anilines is 1. The lowest BCUT2D eigenvalue weighted by atomic mass is 9.93. The summed E-state index contributed by atoms with van der Waals surface area (Å²) >= 11 is 0. The van der Waals surface area contributed by atoms with Crippen LogP contribution < -0.4 is 10.6 Å². The zero-order valence-corrected chi connectivity index (χ0v) is 14.5. The third-order valence-electron chi connectivity index (χ3n) is 4.75. The van der Waals surface area contributed by atoms with Crippen LogP contribution in [0.3, 0.4) is 0 Å². The van der Waals surface area contributed by atoms with Crippen LogP contribution in [-0.2, 0) is 0 Å². The molecule has 4 rings (SSSR count). The van der Waals surface area contributed by atoms with Gasteiger partial charge in [-0.05, 0) is 31.0 Å². The Kier molecular flexibility index (Phi) is 4.90. The van der Waals surface area contributed by atoms with Gasteiger partial charge in [0.15, 0.2) is 0 Å². The first-order valence-electron chi connectivity index (χ1n) is 8.16. The van der Waals surface area contributed by atoms with Crippen LogP contribution in [0.2, 0.25) is 0 Å². The number of H-pyrrole nitrogens is 1. The van der Waals surface area contributed by atoms with Gasteiger partial charge >= 0.3 is 0 Å². The molecule has 0 unspecified atom stereocenters. The largest absolute Gasteiger partial charge is 0.366 e. The van der Waals surface area contributed by atoms with E-state index in [2.05, 4.69) is 15.1 Å². The molecule has 1 aliphatic heterocycles. The fourth-order valence-electron chi connectivity index (χ4n) is 3.44. The fraction of sp³-hybridized carbons (Fsp3) is 0.278. The summed E-state index contributed by atoms with van der Waals surface area (Å²) in [6.45, 7) is 1.79. The van der Waals surface area contributed by atoms with Gasteiger partial charge in [0, 0.05) is 36.3 Å². The molecule has 6 nitrogen and oxygen atoms in total. The summed E-state index contributed by atoms with van der Waals surface area (Å²) in [5, 5.41) is 7.91. The zero-order chi connectivity index (χ0) is 16.5. The lowest BCUT2D eigenvalue weighted by Gasteiger charge is -2.32. The van der Waals surface area contributed by atoms with Crippen molar-refractivity contribution >= 4 is 35.0 Å². The number of amides is 1. The molecule has 1 aromatic carbocycles. The number of nitrogens with two attached hydrogens (primary N) is 1. The van der Waals surface area contributed by atoms with Gasteiger partial charge in [-0.25, -0.2) is 4.98 Å². The quantitative estimate of drug-likeness (QED) is 0.754. The number of nitrogens with one attached hydrogen (secondary N) is 1. The van der Waals surface area contributed by atoms with E-state index in [0.717, 1.165) is 42.7 Å². The summed E-state index contributed by atoms with van der Waals surface area (Å²) in [7, 11) is 0. The van der Waals surface area contributed by atoms with E-state index in [1.54, 1.807) is 6.20 Å². The summed E-state index contributed by atoms with van der Waals surface area (Å²) in [6, 6.07) is 11.5. The van der Waals surface area contributed by atoms with Crippen LogP contribution in [0, 0.1) is 0 Å². The van der Waals surface area contributed by atoms with Crippen molar-refractivity contribution < 1.29 is 4.79 Å². The van der Waals surface area contributed by atoms with Gasteiger partial charge in [-0.2, -0.15) is 5.10 Å². The van der Waals surface area contributed by atoms with Gasteiger partial charge in [-0.1, -0.05) is 18.2 Å². The second-order valence-corrected chi connectivity index (χ2v) is 6.18. The normalized spacial score (nSPS) is 15.1. The number of carbonyl (C=O) groups is 1. The Labute approximate surface area is 151 Å². The SMILES string of the molecule is Cl.NC(=O)c1cc(N2CCC(c3ccn[nH]3)CC2)nc2ccccc12. The Morgan fingerprint density at radius 1 is 1.20 bits per heavy atom. The standard InChI is InChI=1S/C18H19N5O.ClH/c19-18(24)14-11-17(21-16-4-2-1-3-13(14)16)23-9-6-12(7-10-23)15-5-8-20-22-15;/h1-5,8,11-12H,6-7,9-10H2,(H2,19,24)(H,20,22);1H. The third kappa shape index (κ3) is 3.30. The highest BCUT2D eigenvalue weighted by molar-refractivity contribution is 6.06. The van der Waals surface area contributed by atoms with Gasteiger partial charge in [0.05, 0.1) is 11.1 Å². The number of primary amides is 1. The minimum absolute atomic E-state index is 0. The molecule has 0 bridgehead atoms. The zero-order valence-electron chi connectivity index (χ0n) is 13.7.